The number of anilines is 1. The number of furan rings is 1. The Morgan fingerprint density at radius 1 is 1.15 bits per heavy atom. The van der Waals surface area contributed by atoms with Crippen molar-refractivity contribution in [1.29, 1.82) is 0 Å². The Labute approximate surface area is 160 Å². The van der Waals surface area contributed by atoms with Crippen LogP contribution >= 0.6 is 11.3 Å². The van der Waals surface area contributed by atoms with E-state index in [1.807, 2.05) is 40.6 Å². The Morgan fingerprint density at radius 2 is 2.07 bits per heavy atom. The van der Waals surface area contributed by atoms with Gasteiger partial charge in [0.1, 0.15) is 5.76 Å². The van der Waals surface area contributed by atoms with Crippen LogP contribution in [-0.4, -0.2) is 23.3 Å². The molecule has 1 aliphatic heterocycles. The minimum Gasteiger partial charge on any atom is -0.465 e. The van der Waals surface area contributed by atoms with Gasteiger partial charge in [-0.1, -0.05) is 12.1 Å². The summed E-state index contributed by atoms with van der Waals surface area (Å²) in [5, 5.41) is 4.77. The summed E-state index contributed by atoms with van der Waals surface area (Å²) in [6.45, 7) is 1.26. The van der Waals surface area contributed by atoms with Crippen LogP contribution in [0.15, 0.2) is 64.6 Å². The molecule has 6 heteroatoms. The number of carbonyl (C=O) groups is 2. The summed E-state index contributed by atoms with van der Waals surface area (Å²) in [4.78, 5) is 27.3. The number of amides is 2. The molecule has 27 heavy (non-hydrogen) atoms. The fourth-order valence-corrected chi connectivity index (χ4v) is 3.78. The summed E-state index contributed by atoms with van der Waals surface area (Å²) >= 11 is 1.46. The molecule has 2 amide bonds. The second-order valence-electron chi connectivity index (χ2n) is 6.28. The van der Waals surface area contributed by atoms with E-state index in [0.29, 0.717) is 24.5 Å². The maximum absolute atomic E-state index is 12.6. The number of benzene rings is 1. The van der Waals surface area contributed by atoms with Gasteiger partial charge in [0, 0.05) is 24.9 Å². The van der Waals surface area contributed by atoms with Crippen molar-refractivity contribution in [1.82, 2.24) is 4.90 Å². The molecule has 1 aliphatic rings. The number of thiophene rings is 1. The lowest BCUT2D eigenvalue weighted by Gasteiger charge is -2.29. The summed E-state index contributed by atoms with van der Waals surface area (Å²) in [5.41, 5.74) is 3.00. The zero-order chi connectivity index (χ0) is 18.6. The highest BCUT2D eigenvalue weighted by Gasteiger charge is 2.22. The molecule has 0 radical (unpaired) electrons. The van der Waals surface area contributed by atoms with E-state index in [9.17, 15) is 9.59 Å². The first-order chi connectivity index (χ1) is 13.2. The fourth-order valence-electron chi connectivity index (χ4n) is 3.09. The molecule has 2 aromatic heterocycles. The zero-order valence-electron chi connectivity index (χ0n) is 14.6. The van der Waals surface area contributed by atoms with Crippen molar-refractivity contribution in [2.75, 3.05) is 11.9 Å². The van der Waals surface area contributed by atoms with Gasteiger partial charge in [0.25, 0.3) is 5.91 Å². The summed E-state index contributed by atoms with van der Waals surface area (Å²) in [5.74, 6) is 0.457. The minimum atomic E-state index is -0.228. The molecule has 0 fully saturated rings. The smallest absolute Gasteiger partial charge is 0.264 e. The van der Waals surface area contributed by atoms with Crippen LogP contribution in [0.25, 0.3) is 6.08 Å². The van der Waals surface area contributed by atoms with Crippen LogP contribution in [0, 0.1) is 0 Å². The molecule has 136 valence electrons. The van der Waals surface area contributed by atoms with Crippen LogP contribution in [0.5, 0.6) is 0 Å². The molecule has 0 saturated carbocycles. The van der Waals surface area contributed by atoms with E-state index in [1.54, 1.807) is 24.5 Å². The number of hydrogen-bond donors (Lipinski definition) is 1. The average molecular weight is 378 g/mol. The van der Waals surface area contributed by atoms with Crippen molar-refractivity contribution < 1.29 is 14.0 Å². The molecule has 5 nitrogen and oxygen atoms in total. The first kappa shape index (κ1) is 17.3. The molecule has 0 aliphatic carbocycles. The maximum atomic E-state index is 12.6. The molecule has 0 bridgehead atoms. The lowest BCUT2D eigenvalue weighted by atomic mass is 9.99. The van der Waals surface area contributed by atoms with Crippen LogP contribution in [0.3, 0.4) is 0 Å². The number of nitrogens with zero attached hydrogens (tertiary/aromatic N) is 1. The molecule has 1 aromatic carbocycles. The van der Waals surface area contributed by atoms with Gasteiger partial charge < -0.3 is 14.6 Å². The topological polar surface area (TPSA) is 62.6 Å². The van der Waals surface area contributed by atoms with Gasteiger partial charge in [0.05, 0.1) is 11.1 Å². The van der Waals surface area contributed by atoms with Gasteiger partial charge in [-0.2, -0.15) is 0 Å². The molecule has 0 atom stereocenters. The normalized spacial score (nSPS) is 13.6. The second kappa shape index (κ2) is 7.63. The standard InChI is InChI=1S/C21H18N2O3S/c24-20(8-7-18-3-1-11-26-18)22-17-6-5-15-9-10-23(14-16(15)13-17)21(25)19-4-2-12-27-19/h1-8,11-13H,9-10,14H2,(H,22,24)/b8-7+. The van der Waals surface area contributed by atoms with Crippen molar-refractivity contribution in [3.63, 3.8) is 0 Å². The summed E-state index contributed by atoms with van der Waals surface area (Å²) < 4.78 is 5.17. The van der Waals surface area contributed by atoms with E-state index < -0.39 is 0 Å². The van der Waals surface area contributed by atoms with Crippen molar-refractivity contribution >= 4 is 34.9 Å². The van der Waals surface area contributed by atoms with E-state index in [-0.39, 0.29) is 11.8 Å². The van der Waals surface area contributed by atoms with Crippen molar-refractivity contribution in [3.05, 3.63) is 81.9 Å². The quantitative estimate of drug-likeness (QED) is 0.693. The van der Waals surface area contributed by atoms with Gasteiger partial charge in [-0.3, -0.25) is 9.59 Å². The highest BCUT2D eigenvalue weighted by Crippen LogP contribution is 2.25. The van der Waals surface area contributed by atoms with E-state index in [4.69, 9.17) is 4.42 Å². The van der Waals surface area contributed by atoms with Gasteiger partial charge in [-0.05, 0) is 59.3 Å². The van der Waals surface area contributed by atoms with Crippen LogP contribution in [0.2, 0.25) is 0 Å². The molecule has 0 unspecified atom stereocenters. The monoisotopic (exact) mass is 378 g/mol. The van der Waals surface area contributed by atoms with Gasteiger partial charge in [-0.25, -0.2) is 0 Å². The average Bonchev–Trinajstić information content (AvgIpc) is 3.39. The third kappa shape index (κ3) is 4.01. The van der Waals surface area contributed by atoms with Crippen LogP contribution < -0.4 is 5.32 Å². The molecular weight excluding hydrogens is 360 g/mol. The number of rotatable bonds is 4. The SMILES string of the molecule is O=C(/C=C/c1ccco1)Nc1ccc2c(c1)CN(C(=O)c1cccs1)CC2. The Morgan fingerprint density at radius 3 is 2.85 bits per heavy atom. The lowest BCUT2D eigenvalue weighted by molar-refractivity contribution is -0.111. The van der Waals surface area contributed by atoms with Crippen molar-refractivity contribution in [2.45, 2.75) is 13.0 Å². The Bertz CT molecular complexity index is 975. The molecule has 3 aromatic rings. The van der Waals surface area contributed by atoms with Gasteiger partial charge in [0.15, 0.2) is 0 Å². The number of carbonyl (C=O) groups excluding carboxylic acids is 2. The van der Waals surface area contributed by atoms with Crippen LogP contribution in [-0.2, 0) is 17.8 Å². The van der Waals surface area contributed by atoms with Crippen LogP contribution in [0.1, 0.15) is 26.6 Å². The third-order valence-electron chi connectivity index (χ3n) is 4.45. The van der Waals surface area contributed by atoms with Crippen molar-refractivity contribution in [3.8, 4) is 0 Å². The lowest BCUT2D eigenvalue weighted by Crippen LogP contribution is -2.35. The molecule has 4 rings (SSSR count). The van der Waals surface area contributed by atoms with Gasteiger partial charge in [-0.15, -0.1) is 11.3 Å². The third-order valence-corrected chi connectivity index (χ3v) is 5.31. The summed E-state index contributed by atoms with van der Waals surface area (Å²) in [7, 11) is 0. The Kier molecular flexibility index (Phi) is 4.89. The molecule has 0 spiro atoms. The van der Waals surface area contributed by atoms with E-state index >= 15 is 0 Å². The van der Waals surface area contributed by atoms with Gasteiger partial charge >= 0.3 is 0 Å². The number of fused-ring (bicyclic) bond motifs is 1. The summed E-state index contributed by atoms with van der Waals surface area (Å²) in [6, 6.07) is 13.2. The predicted molar refractivity (Wildman–Crippen MR) is 106 cm³/mol. The number of hydrogen-bond acceptors (Lipinski definition) is 4. The number of nitrogens with one attached hydrogen (secondary N) is 1. The van der Waals surface area contributed by atoms with E-state index in [1.165, 1.54) is 23.0 Å². The Balaban J connectivity index is 1.44. The van der Waals surface area contributed by atoms with E-state index in [2.05, 4.69) is 5.32 Å². The molecular formula is C21H18N2O3S. The van der Waals surface area contributed by atoms with Gasteiger partial charge in [0.2, 0.25) is 5.91 Å². The first-order valence-corrected chi connectivity index (χ1v) is 9.54. The molecule has 3 heterocycles. The first-order valence-electron chi connectivity index (χ1n) is 8.66. The predicted octanol–water partition coefficient (Wildman–Crippen LogP) is 4.19. The minimum absolute atomic E-state index is 0.0615. The molecule has 1 N–H and O–H groups in total. The Hall–Kier alpha value is -3.12. The van der Waals surface area contributed by atoms with Crippen molar-refractivity contribution in [2.24, 2.45) is 0 Å². The maximum Gasteiger partial charge on any atom is 0.264 e. The summed E-state index contributed by atoms with van der Waals surface area (Å²) in [6.07, 6.45) is 5.43. The second-order valence-corrected chi connectivity index (χ2v) is 7.22. The van der Waals surface area contributed by atoms with E-state index in [0.717, 1.165) is 16.9 Å². The van der Waals surface area contributed by atoms with Crippen LogP contribution in [0.4, 0.5) is 5.69 Å². The highest BCUT2D eigenvalue weighted by molar-refractivity contribution is 7.12. The largest absolute Gasteiger partial charge is 0.465 e. The molecule has 0 saturated heterocycles. The highest BCUT2D eigenvalue weighted by atomic mass is 32.1. The fraction of sp³-hybridized carbons (Fsp3) is 0.143. The zero-order valence-corrected chi connectivity index (χ0v) is 15.4.